The van der Waals surface area contributed by atoms with Crippen LogP contribution in [0, 0.1) is 0 Å². The number of benzene rings is 1. The maximum absolute atomic E-state index is 3.93. The average molecular weight is 187 g/mol. The number of hydrogen-bond acceptors (Lipinski definition) is 1. The van der Waals surface area contributed by atoms with Crippen molar-refractivity contribution < 1.29 is 0 Å². The van der Waals surface area contributed by atoms with Crippen LogP contribution in [0.4, 0.5) is 0 Å². The van der Waals surface area contributed by atoms with Crippen LogP contribution in [0.2, 0.25) is 0 Å². The number of allylic oxidation sites excluding steroid dienone is 1. The normalized spacial score (nSPS) is 10.6. The van der Waals surface area contributed by atoms with E-state index in [-0.39, 0.29) is 0 Å². The molecule has 0 heterocycles. The molecule has 0 aliphatic heterocycles. The second-order valence-electron chi connectivity index (χ2n) is 3.25. The Morgan fingerprint density at radius 3 is 2.71 bits per heavy atom. The molecule has 0 amide bonds. The Kier molecular flexibility index (Phi) is 4.73. The zero-order valence-electron chi connectivity index (χ0n) is 8.66. The van der Waals surface area contributed by atoms with Crippen molar-refractivity contribution in [3.8, 4) is 0 Å². The van der Waals surface area contributed by atoms with Crippen LogP contribution in [0.3, 0.4) is 0 Å². The van der Waals surface area contributed by atoms with Crippen LogP contribution in [0.25, 0.3) is 0 Å². The van der Waals surface area contributed by atoms with Crippen molar-refractivity contribution in [2.75, 3.05) is 6.54 Å². The van der Waals surface area contributed by atoms with Gasteiger partial charge in [-0.15, -0.1) is 0 Å². The van der Waals surface area contributed by atoms with Gasteiger partial charge >= 0.3 is 0 Å². The fraction of sp³-hybridized carbons (Fsp3) is 0.231. The van der Waals surface area contributed by atoms with Crippen LogP contribution in [-0.4, -0.2) is 6.54 Å². The monoisotopic (exact) mass is 187 g/mol. The highest BCUT2D eigenvalue weighted by molar-refractivity contribution is 5.17. The van der Waals surface area contributed by atoms with Crippen molar-refractivity contribution in [2.24, 2.45) is 0 Å². The molecule has 0 spiro atoms. The molecule has 0 saturated heterocycles. The molecular weight excluding hydrogens is 170 g/mol. The van der Waals surface area contributed by atoms with Crippen molar-refractivity contribution >= 4 is 0 Å². The lowest BCUT2D eigenvalue weighted by Gasteiger charge is -2.04. The molecule has 74 valence electrons. The van der Waals surface area contributed by atoms with Gasteiger partial charge < -0.3 is 5.32 Å². The van der Waals surface area contributed by atoms with Gasteiger partial charge in [-0.05, 0) is 18.1 Å². The van der Waals surface area contributed by atoms with Gasteiger partial charge in [0.2, 0.25) is 0 Å². The zero-order chi connectivity index (χ0) is 10.2. The number of rotatable bonds is 5. The Balaban J connectivity index is 2.25. The molecule has 0 unspecified atom stereocenters. The van der Waals surface area contributed by atoms with Gasteiger partial charge in [0.05, 0.1) is 0 Å². The molecule has 1 heteroatoms. The first-order valence-electron chi connectivity index (χ1n) is 4.88. The van der Waals surface area contributed by atoms with E-state index in [1.165, 1.54) is 5.56 Å². The van der Waals surface area contributed by atoms with Gasteiger partial charge in [-0.25, -0.2) is 0 Å². The van der Waals surface area contributed by atoms with Gasteiger partial charge in [-0.3, -0.25) is 0 Å². The van der Waals surface area contributed by atoms with Gasteiger partial charge in [0.1, 0.15) is 0 Å². The van der Waals surface area contributed by atoms with Crippen LogP contribution in [0.1, 0.15) is 12.5 Å². The maximum atomic E-state index is 3.93. The van der Waals surface area contributed by atoms with E-state index in [0.717, 1.165) is 18.7 Å². The molecule has 1 aromatic rings. The summed E-state index contributed by atoms with van der Waals surface area (Å²) in [5.41, 5.74) is 2.42. The molecule has 14 heavy (non-hydrogen) atoms. The van der Waals surface area contributed by atoms with E-state index in [9.17, 15) is 0 Å². The molecule has 0 aromatic heterocycles. The van der Waals surface area contributed by atoms with E-state index in [2.05, 4.69) is 36.2 Å². The molecule has 0 fully saturated rings. The van der Waals surface area contributed by atoms with Crippen molar-refractivity contribution in [2.45, 2.75) is 13.5 Å². The number of hydrogen-bond donors (Lipinski definition) is 1. The van der Waals surface area contributed by atoms with Gasteiger partial charge in [-0.1, -0.05) is 49.1 Å². The van der Waals surface area contributed by atoms with E-state index in [0.29, 0.717) is 0 Å². The maximum Gasteiger partial charge on any atom is 0.0208 e. The van der Waals surface area contributed by atoms with Crippen LogP contribution in [0.5, 0.6) is 0 Å². The first-order valence-corrected chi connectivity index (χ1v) is 4.88. The number of nitrogens with one attached hydrogen (secondary N) is 1. The topological polar surface area (TPSA) is 12.0 Å². The lowest BCUT2D eigenvalue weighted by Crippen LogP contribution is -2.15. The smallest absolute Gasteiger partial charge is 0.0208 e. The first kappa shape index (κ1) is 10.7. The van der Waals surface area contributed by atoms with Crippen LogP contribution < -0.4 is 5.32 Å². The third kappa shape index (κ3) is 4.06. The van der Waals surface area contributed by atoms with Gasteiger partial charge in [0.15, 0.2) is 0 Å². The van der Waals surface area contributed by atoms with Crippen molar-refractivity contribution in [1.29, 1.82) is 0 Å². The lowest BCUT2D eigenvalue weighted by atomic mass is 10.2. The summed E-state index contributed by atoms with van der Waals surface area (Å²) in [5, 5.41) is 3.34. The third-order valence-corrected chi connectivity index (χ3v) is 1.93. The largest absolute Gasteiger partial charge is 0.309 e. The summed E-state index contributed by atoms with van der Waals surface area (Å²) in [6, 6.07) is 10.4. The van der Waals surface area contributed by atoms with Crippen molar-refractivity contribution in [3.05, 3.63) is 60.2 Å². The van der Waals surface area contributed by atoms with E-state index >= 15 is 0 Å². The van der Waals surface area contributed by atoms with Crippen LogP contribution >= 0.6 is 0 Å². The lowest BCUT2D eigenvalue weighted by molar-refractivity contribution is 0.748. The summed E-state index contributed by atoms with van der Waals surface area (Å²) in [6.45, 7) is 7.68. The molecule has 0 radical (unpaired) electrons. The molecule has 1 N–H and O–H groups in total. The van der Waals surface area contributed by atoms with Crippen LogP contribution in [0.15, 0.2) is 54.6 Å². The predicted octanol–water partition coefficient (Wildman–Crippen LogP) is 2.91. The zero-order valence-corrected chi connectivity index (χ0v) is 8.66. The molecule has 0 aliphatic rings. The molecule has 1 nitrogen and oxygen atoms in total. The SMILES string of the molecule is C=C(/C=C\C)CNCc1ccccc1. The quantitative estimate of drug-likeness (QED) is 0.699. The highest BCUT2D eigenvalue weighted by Crippen LogP contribution is 1.98. The molecule has 1 aromatic carbocycles. The predicted molar refractivity (Wildman–Crippen MR) is 62.1 cm³/mol. The summed E-state index contributed by atoms with van der Waals surface area (Å²) >= 11 is 0. The molecule has 1 rings (SSSR count). The summed E-state index contributed by atoms with van der Waals surface area (Å²) in [7, 11) is 0. The summed E-state index contributed by atoms with van der Waals surface area (Å²) < 4.78 is 0. The minimum Gasteiger partial charge on any atom is -0.309 e. The van der Waals surface area contributed by atoms with E-state index < -0.39 is 0 Å². The van der Waals surface area contributed by atoms with E-state index in [1.54, 1.807) is 0 Å². The summed E-state index contributed by atoms with van der Waals surface area (Å²) in [5.74, 6) is 0. The molecule has 0 atom stereocenters. The van der Waals surface area contributed by atoms with Gasteiger partial charge in [0, 0.05) is 13.1 Å². The fourth-order valence-corrected chi connectivity index (χ4v) is 1.26. The second kappa shape index (κ2) is 6.17. The highest BCUT2D eigenvalue weighted by atomic mass is 14.8. The van der Waals surface area contributed by atoms with Crippen LogP contribution in [-0.2, 0) is 6.54 Å². The minimum atomic E-state index is 0.846. The van der Waals surface area contributed by atoms with Crippen molar-refractivity contribution in [3.63, 3.8) is 0 Å². The standard InChI is InChI=1S/C13H17N/c1-3-7-12(2)10-14-11-13-8-5-4-6-9-13/h3-9,14H,2,10-11H2,1H3/b7-3-. The van der Waals surface area contributed by atoms with E-state index in [1.807, 2.05) is 25.1 Å². The second-order valence-corrected chi connectivity index (χ2v) is 3.25. The fourth-order valence-electron chi connectivity index (χ4n) is 1.26. The Morgan fingerprint density at radius 1 is 1.36 bits per heavy atom. The molecule has 0 bridgehead atoms. The Bertz CT molecular complexity index is 298. The molecular formula is C13H17N. The summed E-state index contributed by atoms with van der Waals surface area (Å²) in [6.07, 6.45) is 4.03. The Labute approximate surface area is 86.2 Å². The van der Waals surface area contributed by atoms with Crippen molar-refractivity contribution in [1.82, 2.24) is 5.32 Å². The molecule has 0 aliphatic carbocycles. The highest BCUT2D eigenvalue weighted by Gasteiger charge is 1.90. The van der Waals surface area contributed by atoms with Gasteiger partial charge in [0.25, 0.3) is 0 Å². The van der Waals surface area contributed by atoms with Gasteiger partial charge in [-0.2, -0.15) is 0 Å². The Hall–Kier alpha value is -1.34. The summed E-state index contributed by atoms with van der Waals surface area (Å²) in [4.78, 5) is 0. The third-order valence-electron chi connectivity index (χ3n) is 1.93. The minimum absolute atomic E-state index is 0.846. The average Bonchev–Trinajstić information content (AvgIpc) is 2.20. The molecule has 0 saturated carbocycles. The first-order chi connectivity index (χ1) is 6.83. The van der Waals surface area contributed by atoms with E-state index in [4.69, 9.17) is 0 Å². The Morgan fingerprint density at radius 2 is 2.07 bits per heavy atom.